The van der Waals surface area contributed by atoms with Gasteiger partial charge in [-0.1, -0.05) is 13.8 Å². The molecule has 0 spiro atoms. The lowest BCUT2D eigenvalue weighted by Gasteiger charge is -2.34. The van der Waals surface area contributed by atoms with Crippen LogP contribution in [-0.4, -0.2) is 31.1 Å². The van der Waals surface area contributed by atoms with Crippen molar-refractivity contribution in [2.45, 2.75) is 75.1 Å². The topological polar surface area (TPSA) is 46.7 Å². The number of sulfone groups is 1. The highest BCUT2D eigenvalue weighted by Crippen LogP contribution is 2.42. The van der Waals surface area contributed by atoms with Crippen molar-refractivity contribution in [2.24, 2.45) is 11.8 Å². The fourth-order valence-electron chi connectivity index (χ4n) is 3.73. The first-order valence-electron chi connectivity index (χ1n) is 7.36. The van der Waals surface area contributed by atoms with E-state index in [1.807, 2.05) is 0 Å². The molecule has 6 unspecified atom stereocenters. The summed E-state index contributed by atoms with van der Waals surface area (Å²) in [6.07, 6.45) is 6.00. The van der Waals surface area contributed by atoms with Gasteiger partial charge in [0.2, 0.25) is 0 Å². The molecule has 3 rings (SSSR count). The molecule has 1 saturated heterocycles. The van der Waals surface area contributed by atoms with E-state index < -0.39 is 9.84 Å². The Hall–Kier alpha value is -0.0900. The quantitative estimate of drug-likeness (QED) is 0.726. The highest BCUT2D eigenvalue weighted by Gasteiger charge is 2.49. The summed E-state index contributed by atoms with van der Waals surface area (Å²) in [4.78, 5) is 0. The molecule has 3 fully saturated rings. The Balaban J connectivity index is 1.69. The summed E-state index contributed by atoms with van der Waals surface area (Å²) < 4.78 is 30.9. The van der Waals surface area contributed by atoms with Crippen molar-refractivity contribution in [1.82, 2.24) is 0 Å². The van der Waals surface area contributed by atoms with Crippen LogP contribution in [0.3, 0.4) is 0 Å². The normalized spacial score (nSPS) is 48.6. The zero-order chi connectivity index (χ0) is 12.9. The predicted octanol–water partition coefficient (Wildman–Crippen LogP) is 2.55. The van der Waals surface area contributed by atoms with Gasteiger partial charge in [0.1, 0.15) is 0 Å². The Labute approximate surface area is 110 Å². The fourth-order valence-corrected chi connectivity index (χ4v) is 6.24. The SMILES string of the molecule is CC1CCC(S(=O)(=O)C2CCC3OC3C2)CC1C. The van der Waals surface area contributed by atoms with Gasteiger partial charge in [0.05, 0.1) is 22.7 Å². The van der Waals surface area contributed by atoms with Gasteiger partial charge in [0.15, 0.2) is 9.84 Å². The number of hydrogen-bond donors (Lipinski definition) is 0. The van der Waals surface area contributed by atoms with Crippen LogP contribution in [0.25, 0.3) is 0 Å². The molecule has 3 aliphatic rings. The molecule has 18 heavy (non-hydrogen) atoms. The summed E-state index contributed by atoms with van der Waals surface area (Å²) in [5.41, 5.74) is 0. The minimum atomic E-state index is -2.93. The molecule has 0 amide bonds. The highest BCUT2D eigenvalue weighted by atomic mass is 32.2. The Morgan fingerprint density at radius 3 is 2.17 bits per heavy atom. The number of fused-ring (bicyclic) bond motifs is 1. The summed E-state index contributed by atoms with van der Waals surface area (Å²) in [6, 6.07) is 0. The van der Waals surface area contributed by atoms with Crippen molar-refractivity contribution >= 4 is 9.84 Å². The lowest BCUT2D eigenvalue weighted by Crippen LogP contribution is -2.39. The number of hydrogen-bond acceptors (Lipinski definition) is 3. The monoisotopic (exact) mass is 272 g/mol. The third kappa shape index (κ3) is 2.22. The van der Waals surface area contributed by atoms with E-state index in [1.54, 1.807) is 0 Å². The molecule has 0 aromatic carbocycles. The maximum Gasteiger partial charge on any atom is 0.156 e. The maximum atomic E-state index is 12.7. The van der Waals surface area contributed by atoms with E-state index in [4.69, 9.17) is 4.74 Å². The van der Waals surface area contributed by atoms with E-state index in [1.165, 1.54) is 0 Å². The third-order valence-electron chi connectivity index (χ3n) is 5.44. The zero-order valence-corrected chi connectivity index (χ0v) is 12.2. The van der Waals surface area contributed by atoms with Gasteiger partial charge < -0.3 is 4.74 Å². The molecule has 2 aliphatic carbocycles. The van der Waals surface area contributed by atoms with Crippen LogP contribution < -0.4 is 0 Å². The van der Waals surface area contributed by atoms with Crippen molar-refractivity contribution in [3.63, 3.8) is 0 Å². The van der Waals surface area contributed by atoms with Crippen molar-refractivity contribution < 1.29 is 13.2 Å². The van der Waals surface area contributed by atoms with Crippen molar-refractivity contribution in [1.29, 1.82) is 0 Å². The Morgan fingerprint density at radius 2 is 1.50 bits per heavy atom. The first kappa shape index (κ1) is 12.9. The second kappa shape index (κ2) is 4.48. The smallest absolute Gasteiger partial charge is 0.156 e. The van der Waals surface area contributed by atoms with Gasteiger partial charge in [-0.2, -0.15) is 0 Å². The lowest BCUT2D eigenvalue weighted by molar-refractivity contribution is 0.276. The minimum absolute atomic E-state index is 0.0796. The number of ether oxygens (including phenoxy) is 1. The fraction of sp³-hybridized carbons (Fsp3) is 1.00. The van der Waals surface area contributed by atoms with Gasteiger partial charge >= 0.3 is 0 Å². The molecule has 2 saturated carbocycles. The van der Waals surface area contributed by atoms with Crippen LogP contribution in [0, 0.1) is 11.8 Å². The minimum Gasteiger partial charge on any atom is -0.370 e. The number of rotatable bonds is 2. The van der Waals surface area contributed by atoms with Gasteiger partial charge in [-0.3, -0.25) is 0 Å². The van der Waals surface area contributed by atoms with Crippen molar-refractivity contribution in [2.75, 3.05) is 0 Å². The van der Waals surface area contributed by atoms with Crippen LogP contribution in [0.1, 0.15) is 52.4 Å². The second-order valence-corrected chi connectivity index (χ2v) is 9.14. The molecule has 4 heteroatoms. The molecular formula is C14H24O3S. The summed E-state index contributed by atoms with van der Waals surface area (Å²) in [5, 5.41) is -0.198. The van der Waals surface area contributed by atoms with Crippen molar-refractivity contribution in [3.8, 4) is 0 Å². The zero-order valence-electron chi connectivity index (χ0n) is 11.3. The second-order valence-electron chi connectivity index (χ2n) is 6.63. The molecule has 3 nitrogen and oxygen atoms in total. The van der Waals surface area contributed by atoms with Crippen LogP contribution >= 0.6 is 0 Å². The van der Waals surface area contributed by atoms with Gasteiger partial charge in [-0.05, 0) is 50.4 Å². The predicted molar refractivity (Wildman–Crippen MR) is 71.2 cm³/mol. The molecule has 1 heterocycles. The molecule has 6 atom stereocenters. The molecule has 0 bridgehead atoms. The van der Waals surface area contributed by atoms with Crippen LogP contribution in [-0.2, 0) is 14.6 Å². The average molecular weight is 272 g/mol. The van der Waals surface area contributed by atoms with Gasteiger partial charge in [-0.15, -0.1) is 0 Å². The Bertz CT molecular complexity index is 417. The van der Waals surface area contributed by atoms with E-state index in [9.17, 15) is 8.42 Å². The summed E-state index contributed by atoms with van der Waals surface area (Å²) >= 11 is 0. The summed E-state index contributed by atoms with van der Waals surface area (Å²) in [7, 11) is -2.93. The van der Waals surface area contributed by atoms with Crippen molar-refractivity contribution in [3.05, 3.63) is 0 Å². The first-order valence-corrected chi connectivity index (χ1v) is 8.97. The lowest BCUT2D eigenvalue weighted by atomic mass is 9.81. The average Bonchev–Trinajstić information content (AvgIpc) is 3.10. The standard InChI is InChI=1S/C14H24O3S/c1-9-3-4-11(7-10(9)2)18(15,16)12-5-6-13-14(8-12)17-13/h9-14H,3-8H2,1-2H3. The Kier molecular flexibility index (Phi) is 3.22. The highest BCUT2D eigenvalue weighted by molar-refractivity contribution is 7.92. The first-order chi connectivity index (χ1) is 8.48. The van der Waals surface area contributed by atoms with E-state index in [0.717, 1.165) is 38.5 Å². The van der Waals surface area contributed by atoms with Gasteiger partial charge in [-0.25, -0.2) is 8.42 Å². The molecular weight excluding hydrogens is 248 g/mol. The largest absolute Gasteiger partial charge is 0.370 e. The van der Waals surface area contributed by atoms with Crippen LogP contribution in [0.4, 0.5) is 0 Å². The van der Waals surface area contributed by atoms with Crippen LogP contribution in [0.2, 0.25) is 0 Å². The molecule has 0 N–H and O–H groups in total. The molecule has 0 radical (unpaired) electrons. The van der Waals surface area contributed by atoms with Crippen LogP contribution in [0.15, 0.2) is 0 Å². The third-order valence-corrected chi connectivity index (χ3v) is 8.15. The van der Waals surface area contributed by atoms with Gasteiger partial charge in [0.25, 0.3) is 0 Å². The van der Waals surface area contributed by atoms with E-state index in [0.29, 0.717) is 17.9 Å². The Morgan fingerprint density at radius 1 is 0.833 bits per heavy atom. The van der Waals surface area contributed by atoms with E-state index >= 15 is 0 Å². The molecule has 104 valence electrons. The van der Waals surface area contributed by atoms with Crippen LogP contribution in [0.5, 0.6) is 0 Å². The molecule has 0 aromatic heterocycles. The summed E-state index contributed by atoms with van der Waals surface area (Å²) in [5.74, 6) is 1.23. The maximum absolute atomic E-state index is 12.7. The summed E-state index contributed by atoms with van der Waals surface area (Å²) in [6.45, 7) is 4.45. The van der Waals surface area contributed by atoms with Gasteiger partial charge in [0, 0.05) is 0 Å². The molecule has 1 aliphatic heterocycles. The van der Waals surface area contributed by atoms with E-state index in [2.05, 4.69) is 13.8 Å². The molecule has 0 aromatic rings. The number of epoxide rings is 1. The van der Waals surface area contributed by atoms with E-state index in [-0.39, 0.29) is 16.6 Å².